The molecule has 7 heteroatoms. The maximum absolute atomic E-state index is 12.7. The number of benzene rings is 2. The second kappa shape index (κ2) is 8.58. The molecule has 4 aromatic rings. The number of hydrogen-bond donors (Lipinski definition) is 2. The van der Waals surface area contributed by atoms with Gasteiger partial charge in [0, 0.05) is 28.5 Å². The quantitative estimate of drug-likeness (QED) is 0.502. The van der Waals surface area contributed by atoms with Gasteiger partial charge in [0.1, 0.15) is 5.82 Å². The highest BCUT2D eigenvalue weighted by Crippen LogP contribution is 2.18. The number of nitrogens with one attached hydrogen (secondary N) is 2. The van der Waals surface area contributed by atoms with Crippen molar-refractivity contribution in [1.82, 2.24) is 20.2 Å². The molecule has 2 aromatic carbocycles. The molecule has 0 bridgehead atoms. The molecule has 0 spiro atoms. The number of pyridine rings is 1. The SMILES string of the molecule is O=S(Cc1ccccc1)c1cccc(NCc2nc(-c3ccncc3)n[nH]2)c1. The van der Waals surface area contributed by atoms with Crippen molar-refractivity contribution in [3.8, 4) is 11.4 Å². The van der Waals surface area contributed by atoms with Crippen LogP contribution >= 0.6 is 0 Å². The molecule has 4 rings (SSSR count). The number of anilines is 1. The van der Waals surface area contributed by atoms with Crippen molar-refractivity contribution in [2.75, 3.05) is 5.32 Å². The highest BCUT2D eigenvalue weighted by molar-refractivity contribution is 7.84. The van der Waals surface area contributed by atoms with E-state index in [9.17, 15) is 4.21 Å². The first-order valence-corrected chi connectivity index (χ1v) is 10.2. The van der Waals surface area contributed by atoms with Crippen LogP contribution in [0.2, 0.25) is 0 Å². The van der Waals surface area contributed by atoms with Gasteiger partial charge in [-0.1, -0.05) is 36.4 Å². The average molecular weight is 389 g/mol. The summed E-state index contributed by atoms with van der Waals surface area (Å²) in [6, 6.07) is 21.3. The van der Waals surface area contributed by atoms with Gasteiger partial charge in [-0.15, -0.1) is 0 Å². The van der Waals surface area contributed by atoms with Crippen molar-refractivity contribution in [2.45, 2.75) is 17.2 Å². The van der Waals surface area contributed by atoms with Crippen LogP contribution in [-0.2, 0) is 23.1 Å². The van der Waals surface area contributed by atoms with Crippen LogP contribution in [0, 0.1) is 0 Å². The standard InChI is InChI=1S/C21H19N5OS/c27-28(15-16-5-2-1-3-6-16)19-8-4-7-18(13-19)23-14-20-24-21(26-25-20)17-9-11-22-12-10-17/h1-13,23H,14-15H2,(H,24,25,26). The summed E-state index contributed by atoms with van der Waals surface area (Å²) < 4.78 is 12.7. The summed E-state index contributed by atoms with van der Waals surface area (Å²) in [5.74, 6) is 1.86. The summed E-state index contributed by atoms with van der Waals surface area (Å²) in [5.41, 5.74) is 2.86. The second-order valence-corrected chi connectivity index (χ2v) is 7.65. The molecular formula is C21H19N5OS. The van der Waals surface area contributed by atoms with Crippen LogP contribution in [0.15, 0.2) is 84.0 Å². The second-order valence-electron chi connectivity index (χ2n) is 6.20. The van der Waals surface area contributed by atoms with Crippen LogP contribution in [0.5, 0.6) is 0 Å². The molecule has 0 saturated heterocycles. The summed E-state index contributed by atoms with van der Waals surface area (Å²) in [6.07, 6.45) is 3.43. The van der Waals surface area contributed by atoms with Crippen molar-refractivity contribution < 1.29 is 4.21 Å². The van der Waals surface area contributed by atoms with Gasteiger partial charge in [-0.3, -0.25) is 14.3 Å². The minimum absolute atomic E-state index is 0.493. The van der Waals surface area contributed by atoms with Gasteiger partial charge in [0.2, 0.25) is 0 Å². The Balaban J connectivity index is 1.40. The Morgan fingerprint density at radius 3 is 2.61 bits per heavy atom. The molecule has 28 heavy (non-hydrogen) atoms. The average Bonchev–Trinajstić information content (AvgIpc) is 3.23. The van der Waals surface area contributed by atoms with Gasteiger partial charge >= 0.3 is 0 Å². The number of rotatable bonds is 7. The van der Waals surface area contributed by atoms with Crippen LogP contribution in [0.1, 0.15) is 11.4 Å². The van der Waals surface area contributed by atoms with Gasteiger partial charge in [0.05, 0.1) is 23.1 Å². The zero-order valence-electron chi connectivity index (χ0n) is 15.1. The summed E-state index contributed by atoms with van der Waals surface area (Å²) in [6.45, 7) is 0.493. The fourth-order valence-corrected chi connectivity index (χ4v) is 3.90. The molecule has 0 aliphatic carbocycles. The van der Waals surface area contributed by atoms with E-state index < -0.39 is 10.8 Å². The number of H-pyrrole nitrogens is 1. The third kappa shape index (κ3) is 4.50. The first kappa shape index (κ1) is 18.1. The first-order chi connectivity index (χ1) is 13.8. The Hall–Kier alpha value is -3.32. The lowest BCUT2D eigenvalue weighted by Crippen LogP contribution is -2.03. The lowest BCUT2D eigenvalue weighted by Gasteiger charge is -2.07. The Labute approximate surface area is 165 Å². The van der Waals surface area contributed by atoms with Crippen LogP contribution in [0.3, 0.4) is 0 Å². The predicted octanol–water partition coefficient (Wildman–Crippen LogP) is 3.79. The minimum Gasteiger partial charge on any atom is -0.378 e. The van der Waals surface area contributed by atoms with E-state index in [2.05, 4.69) is 25.5 Å². The van der Waals surface area contributed by atoms with Gasteiger partial charge < -0.3 is 5.32 Å². The molecule has 2 N–H and O–H groups in total. The number of hydrogen-bond acceptors (Lipinski definition) is 5. The van der Waals surface area contributed by atoms with Crippen LogP contribution in [0.25, 0.3) is 11.4 Å². The Morgan fingerprint density at radius 2 is 1.79 bits per heavy atom. The Morgan fingerprint density at radius 1 is 0.964 bits per heavy atom. The van der Waals surface area contributed by atoms with Crippen LogP contribution < -0.4 is 5.32 Å². The fraction of sp³-hybridized carbons (Fsp3) is 0.0952. The largest absolute Gasteiger partial charge is 0.378 e. The van der Waals surface area contributed by atoms with Crippen LogP contribution in [-0.4, -0.2) is 24.4 Å². The molecule has 0 fully saturated rings. The molecule has 6 nitrogen and oxygen atoms in total. The monoisotopic (exact) mass is 389 g/mol. The molecule has 0 saturated carbocycles. The molecule has 0 amide bonds. The van der Waals surface area contributed by atoms with E-state index in [1.54, 1.807) is 12.4 Å². The van der Waals surface area contributed by atoms with E-state index in [1.807, 2.05) is 66.7 Å². The van der Waals surface area contributed by atoms with E-state index in [-0.39, 0.29) is 0 Å². The predicted molar refractivity (Wildman–Crippen MR) is 110 cm³/mol. The van der Waals surface area contributed by atoms with Crippen molar-refractivity contribution in [2.24, 2.45) is 0 Å². The van der Waals surface area contributed by atoms with E-state index in [0.29, 0.717) is 18.1 Å². The molecule has 2 aromatic heterocycles. The van der Waals surface area contributed by atoms with E-state index in [0.717, 1.165) is 27.5 Å². The molecule has 2 heterocycles. The Kier molecular flexibility index (Phi) is 5.53. The topological polar surface area (TPSA) is 83.6 Å². The molecule has 0 radical (unpaired) electrons. The number of nitrogens with zero attached hydrogens (tertiary/aromatic N) is 3. The molecule has 140 valence electrons. The molecule has 0 aliphatic rings. The maximum atomic E-state index is 12.7. The molecule has 1 unspecified atom stereocenters. The highest BCUT2D eigenvalue weighted by Gasteiger charge is 2.08. The minimum atomic E-state index is -1.10. The summed E-state index contributed by atoms with van der Waals surface area (Å²) in [7, 11) is -1.10. The van der Waals surface area contributed by atoms with Gasteiger partial charge in [-0.2, -0.15) is 5.10 Å². The van der Waals surface area contributed by atoms with Crippen molar-refractivity contribution in [1.29, 1.82) is 0 Å². The lowest BCUT2D eigenvalue weighted by molar-refractivity contribution is 0.682. The summed E-state index contributed by atoms with van der Waals surface area (Å²) in [5, 5.41) is 10.5. The van der Waals surface area contributed by atoms with Crippen molar-refractivity contribution in [3.05, 3.63) is 90.5 Å². The third-order valence-corrected chi connectivity index (χ3v) is 5.54. The lowest BCUT2D eigenvalue weighted by atomic mass is 10.2. The zero-order chi connectivity index (χ0) is 19.2. The highest BCUT2D eigenvalue weighted by atomic mass is 32.2. The Bertz CT molecular complexity index is 1070. The number of aromatic nitrogens is 4. The smallest absolute Gasteiger partial charge is 0.181 e. The van der Waals surface area contributed by atoms with E-state index >= 15 is 0 Å². The maximum Gasteiger partial charge on any atom is 0.181 e. The van der Waals surface area contributed by atoms with Crippen LogP contribution in [0.4, 0.5) is 5.69 Å². The normalized spacial score (nSPS) is 11.9. The molecule has 0 aliphatic heterocycles. The third-order valence-electron chi connectivity index (χ3n) is 4.17. The summed E-state index contributed by atoms with van der Waals surface area (Å²) in [4.78, 5) is 9.29. The van der Waals surface area contributed by atoms with Gasteiger partial charge in [-0.25, -0.2) is 4.98 Å². The molecule has 1 atom stereocenters. The molecular weight excluding hydrogens is 370 g/mol. The van der Waals surface area contributed by atoms with Crippen molar-refractivity contribution in [3.63, 3.8) is 0 Å². The summed E-state index contributed by atoms with van der Waals surface area (Å²) >= 11 is 0. The van der Waals surface area contributed by atoms with Gasteiger partial charge in [0.25, 0.3) is 0 Å². The fourth-order valence-electron chi connectivity index (χ4n) is 2.75. The number of aromatic amines is 1. The van der Waals surface area contributed by atoms with E-state index in [4.69, 9.17) is 0 Å². The zero-order valence-corrected chi connectivity index (χ0v) is 15.9. The van der Waals surface area contributed by atoms with E-state index in [1.165, 1.54) is 0 Å². The first-order valence-electron chi connectivity index (χ1n) is 8.86. The van der Waals surface area contributed by atoms with Gasteiger partial charge in [0.15, 0.2) is 5.82 Å². The van der Waals surface area contributed by atoms with Gasteiger partial charge in [-0.05, 0) is 35.9 Å². The van der Waals surface area contributed by atoms with Crippen molar-refractivity contribution >= 4 is 16.5 Å².